The molecule has 1 aliphatic heterocycles. The van der Waals surface area contributed by atoms with E-state index < -0.39 is 0 Å². The number of fused-ring (bicyclic) bond motifs is 1. The van der Waals surface area contributed by atoms with Gasteiger partial charge < -0.3 is 15.1 Å². The van der Waals surface area contributed by atoms with Crippen LogP contribution >= 0.6 is 11.3 Å². The summed E-state index contributed by atoms with van der Waals surface area (Å²) in [6.45, 7) is 9.18. The maximum atomic E-state index is 10.9. The lowest BCUT2D eigenvalue weighted by Gasteiger charge is -2.29. The normalized spacial score (nSPS) is 21.9. The molecule has 6 heteroatoms. The minimum absolute atomic E-state index is 0.0690. The summed E-state index contributed by atoms with van der Waals surface area (Å²) in [5.74, 6) is 0.0690. The molecule has 0 radical (unpaired) electrons. The number of carbonyl (C=O) groups excluding carboxylic acids is 1. The van der Waals surface area contributed by atoms with E-state index in [9.17, 15) is 4.79 Å². The van der Waals surface area contributed by atoms with Gasteiger partial charge in [-0.3, -0.25) is 4.79 Å². The molecule has 1 fully saturated rings. The Morgan fingerprint density at radius 3 is 2.68 bits per heavy atom. The van der Waals surface area contributed by atoms with E-state index in [2.05, 4.69) is 29.6 Å². The molecule has 0 unspecified atom stereocenters. The maximum Gasteiger partial charge on any atom is 0.217 e. The lowest BCUT2D eigenvalue weighted by atomic mass is 10.3. The summed E-state index contributed by atoms with van der Waals surface area (Å²) < 4.78 is 1.29. The Hall–Kier alpha value is -1.50. The van der Waals surface area contributed by atoms with Gasteiger partial charge in [-0.05, 0) is 12.1 Å². The molecular formula is C16H24N4OS+2. The first kappa shape index (κ1) is 15.4. The Morgan fingerprint density at radius 1 is 1.23 bits per heavy atom. The summed E-state index contributed by atoms with van der Waals surface area (Å²) in [7, 11) is 0. The molecule has 0 atom stereocenters. The zero-order valence-corrected chi connectivity index (χ0v) is 13.8. The fourth-order valence-corrected chi connectivity index (χ4v) is 4.05. The van der Waals surface area contributed by atoms with E-state index in [0.29, 0.717) is 0 Å². The monoisotopic (exact) mass is 320 g/mol. The molecule has 1 aliphatic rings. The summed E-state index contributed by atoms with van der Waals surface area (Å²) in [4.78, 5) is 18.8. The van der Waals surface area contributed by atoms with Gasteiger partial charge in [-0.25, -0.2) is 4.98 Å². The van der Waals surface area contributed by atoms with Crippen molar-refractivity contribution in [2.45, 2.75) is 13.5 Å². The summed E-state index contributed by atoms with van der Waals surface area (Å²) in [6.07, 6.45) is 0. The highest BCUT2D eigenvalue weighted by Crippen LogP contribution is 2.20. The minimum atomic E-state index is 0.0690. The zero-order chi connectivity index (χ0) is 15.4. The number of rotatable bonds is 5. The molecule has 2 aromatic rings. The number of nitrogens with zero attached hydrogens (tertiary/aromatic N) is 1. The predicted molar refractivity (Wildman–Crippen MR) is 88.3 cm³/mol. The number of quaternary nitrogens is 2. The van der Waals surface area contributed by atoms with Crippen molar-refractivity contribution in [1.82, 2.24) is 10.3 Å². The highest BCUT2D eigenvalue weighted by molar-refractivity contribution is 7.18. The molecule has 3 rings (SSSR count). The second-order valence-corrected chi connectivity index (χ2v) is 7.10. The van der Waals surface area contributed by atoms with Crippen LogP contribution in [0, 0.1) is 0 Å². The van der Waals surface area contributed by atoms with Gasteiger partial charge >= 0.3 is 0 Å². The molecule has 0 bridgehead atoms. The van der Waals surface area contributed by atoms with Crippen LogP contribution in [0.25, 0.3) is 10.2 Å². The van der Waals surface area contributed by atoms with E-state index in [1.807, 2.05) is 11.3 Å². The smallest absolute Gasteiger partial charge is 0.217 e. The molecule has 0 spiro atoms. The number of hydrogen-bond acceptors (Lipinski definition) is 3. The molecule has 1 aromatic heterocycles. The quantitative estimate of drug-likeness (QED) is 0.643. The molecule has 22 heavy (non-hydrogen) atoms. The van der Waals surface area contributed by atoms with Gasteiger partial charge in [-0.1, -0.05) is 12.1 Å². The number of amides is 1. The summed E-state index contributed by atoms with van der Waals surface area (Å²) >= 11 is 1.82. The average Bonchev–Trinajstić information content (AvgIpc) is 2.91. The van der Waals surface area contributed by atoms with Crippen LogP contribution in [0.5, 0.6) is 0 Å². The predicted octanol–water partition coefficient (Wildman–Crippen LogP) is -1.28. The number of piperazine rings is 1. The van der Waals surface area contributed by atoms with Crippen molar-refractivity contribution < 1.29 is 14.6 Å². The number of aromatic nitrogens is 1. The molecule has 1 aromatic carbocycles. The maximum absolute atomic E-state index is 10.9. The fraction of sp³-hybridized carbons (Fsp3) is 0.500. The molecule has 0 saturated carbocycles. The van der Waals surface area contributed by atoms with Crippen LogP contribution in [0.4, 0.5) is 0 Å². The molecule has 3 N–H and O–H groups in total. The van der Waals surface area contributed by atoms with E-state index in [1.165, 1.54) is 35.9 Å². The Bertz CT molecular complexity index is 601. The molecule has 0 aliphatic carbocycles. The highest BCUT2D eigenvalue weighted by Gasteiger charge is 2.23. The largest absolute Gasteiger partial charge is 0.351 e. The third-order valence-corrected chi connectivity index (χ3v) is 5.29. The minimum Gasteiger partial charge on any atom is -0.351 e. The third kappa shape index (κ3) is 4.03. The van der Waals surface area contributed by atoms with E-state index in [1.54, 1.807) is 16.7 Å². The van der Waals surface area contributed by atoms with Crippen molar-refractivity contribution in [1.29, 1.82) is 0 Å². The first-order chi connectivity index (χ1) is 10.7. The van der Waals surface area contributed by atoms with E-state index in [0.717, 1.165) is 25.2 Å². The van der Waals surface area contributed by atoms with Crippen LogP contribution in [0.15, 0.2) is 24.3 Å². The van der Waals surface area contributed by atoms with Crippen LogP contribution in [0.3, 0.4) is 0 Å². The van der Waals surface area contributed by atoms with Crippen molar-refractivity contribution in [3.8, 4) is 0 Å². The number of benzene rings is 1. The summed E-state index contributed by atoms with van der Waals surface area (Å²) in [6, 6.07) is 8.37. The highest BCUT2D eigenvalue weighted by atomic mass is 32.1. The lowest BCUT2D eigenvalue weighted by molar-refractivity contribution is -1.02. The first-order valence-electron chi connectivity index (χ1n) is 7.97. The topological polar surface area (TPSA) is 50.9 Å². The van der Waals surface area contributed by atoms with Gasteiger partial charge in [0.25, 0.3) is 0 Å². The third-order valence-electron chi connectivity index (χ3n) is 4.26. The SMILES string of the molecule is CC(=O)NCC[NH+]1CC[NH+](Cc2nc3ccccc3s2)CC1. The average molecular weight is 320 g/mol. The lowest BCUT2D eigenvalue weighted by Crippen LogP contribution is -3.27. The molecule has 5 nitrogen and oxygen atoms in total. The van der Waals surface area contributed by atoms with Gasteiger partial charge in [-0.2, -0.15) is 0 Å². The molecule has 118 valence electrons. The number of hydrogen-bond donors (Lipinski definition) is 3. The van der Waals surface area contributed by atoms with Crippen LogP contribution < -0.4 is 15.1 Å². The van der Waals surface area contributed by atoms with Gasteiger partial charge in [0.15, 0.2) is 0 Å². The molecular weight excluding hydrogens is 296 g/mol. The van der Waals surface area contributed by atoms with Crippen molar-refractivity contribution in [2.24, 2.45) is 0 Å². The van der Waals surface area contributed by atoms with Crippen molar-refractivity contribution in [2.75, 3.05) is 39.3 Å². The number of thiazole rings is 1. The number of carbonyl (C=O) groups is 1. The van der Waals surface area contributed by atoms with Gasteiger partial charge in [0.1, 0.15) is 37.7 Å². The van der Waals surface area contributed by atoms with E-state index in [-0.39, 0.29) is 5.91 Å². The first-order valence-corrected chi connectivity index (χ1v) is 8.78. The van der Waals surface area contributed by atoms with Crippen molar-refractivity contribution in [3.05, 3.63) is 29.3 Å². The Morgan fingerprint density at radius 2 is 1.95 bits per heavy atom. The Balaban J connectivity index is 1.46. The molecule has 1 amide bonds. The second kappa shape index (κ2) is 7.17. The Kier molecular flexibility index (Phi) is 5.02. The molecule has 1 saturated heterocycles. The van der Waals surface area contributed by atoms with E-state index >= 15 is 0 Å². The zero-order valence-electron chi connectivity index (χ0n) is 13.0. The van der Waals surface area contributed by atoms with Gasteiger partial charge in [0.05, 0.1) is 23.3 Å². The standard InChI is InChI=1S/C16H22N4OS/c1-13(21)17-6-7-19-8-10-20(11-9-19)12-16-18-14-4-2-3-5-15(14)22-16/h2-5H,6-12H2,1H3,(H,17,21)/p+2. The Labute approximate surface area is 134 Å². The van der Waals surface area contributed by atoms with Crippen molar-refractivity contribution in [3.63, 3.8) is 0 Å². The van der Waals surface area contributed by atoms with Gasteiger partial charge in [-0.15, -0.1) is 11.3 Å². The van der Waals surface area contributed by atoms with Crippen LogP contribution in [-0.2, 0) is 11.3 Å². The van der Waals surface area contributed by atoms with Crippen LogP contribution in [0.2, 0.25) is 0 Å². The van der Waals surface area contributed by atoms with Gasteiger partial charge in [0, 0.05) is 6.92 Å². The molecule has 2 heterocycles. The number of para-hydroxylation sites is 1. The number of nitrogens with one attached hydrogen (secondary N) is 3. The summed E-state index contributed by atoms with van der Waals surface area (Å²) in [5.41, 5.74) is 1.13. The van der Waals surface area contributed by atoms with Gasteiger partial charge in [0.2, 0.25) is 5.91 Å². The van der Waals surface area contributed by atoms with Crippen LogP contribution in [-0.4, -0.2) is 50.2 Å². The van der Waals surface area contributed by atoms with E-state index in [4.69, 9.17) is 4.98 Å². The van der Waals surface area contributed by atoms with Crippen LogP contribution in [0.1, 0.15) is 11.9 Å². The second-order valence-electron chi connectivity index (χ2n) is 5.99. The fourth-order valence-electron chi connectivity index (χ4n) is 3.01. The van der Waals surface area contributed by atoms with Crippen molar-refractivity contribution >= 4 is 27.5 Å². The summed E-state index contributed by atoms with van der Waals surface area (Å²) in [5, 5.41) is 4.13.